The molecule has 5 aromatic rings. The molecular weight excluding hydrogens is 510 g/mol. The van der Waals surface area contributed by atoms with Crippen molar-refractivity contribution in [3.05, 3.63) is 88.7 Å². The van der Waals surface area contributed by atoms with E-state index in [2.05, 4.69) is 16.0 Å². The second-order valence-corrected chi connectivity index (χ2v) is 13.2. The Morgan fingerprint density at radius 2 is 1.64 bits per heavy atom. The molecule has 0 amide bonds. The fourth-order valence-corrected chi connectivity index (χ4v) is 7.12. The molecule has 0 atom stereocenters. The van der Waals surface area contributed by atoms with Crippen LogP contribution in [0.1, 0.15) is 36.9 Å². The first-order valence-corrected chi connectivity index (χ1v) is 14.8. The Bertz CT molecular complexity index is 2020. The second-order valence-electron chi connectivity index (χ2n) is 10.8. The highest BCUT2D eigenvalue weighted by Crippen LogP contribution is 2.52. The van der Waals surface area contributed by atoms with Gasteiger partial charge in [-0.15, -0.1) is 0 Å². The third-order valence-corrected chi connectivity index (χ3v) is 10.6. The monoisotopic (exact) mass is 535 g/mol. The summed E-state index contributed by atoms with van der Waals surface area (Å²) in [7, 11) is -1.51. The minimum Gasteiger partial charge on any atom is -0.293 e. The van der Waals surface area contributed by atoms with Crippen molar-refractivity contribution >= 4 is 31.8 Å². The van der Waals surface area contributed by atoms with Crippen LogP contribution in [0.25, 0.3) is 38.8 Å². The Morgan fingerprint density at radius 1 is 0.923 bits per heavy atom. The van der Waals surface area contributed by atoms with Crippen molar-refractivity contribution < 1.29 is 8.42 Å². The summed E-state index contributed by atoms with van der Waals surface area (Å²) in [5, 5.41) is 10.3. The molecular formula is C30H25N5O3S. The van der Waals surface area contributed by atoms with Crippen LogP contribution >= 0.6 is 0 Å². The molecule has 7 rings (SSSR count). The van der Waals surface area contributed by atoms with Crippen LogP contribution in [0, 0.1) is 11.3 Å². The molecule has 0 N–H and O–H groups in total. The molecule has 0 aliphatic heterocycles. The number of pyridine rings is 2. The summed E-state index contributed by atoms with van der Waals surface area (Å²) in [5.41, 5.74) is 5.61. The quantitative estimate of drug-likeness (QED) is 0.327. The van der Waals surface area contributed by atoms with Gasteiger partial charge in [0.15, 0.2) is 9.84 Å². The summed E-state index contributed by atoms with van der Waals surface area (Å²) in [6, 6.07) is 19.5. The van der Waals surface area contributed by atoms with Crippen LogP contribution in [0.3, 0.4) is 0 Å². The lowest BCUT2D eigenvalue weighted by Crippen LogP contribution is -2.21. The molecule has 39 heavy (non-hydrogen) atoms. The van der Waals surface area contributed by atoms with E-state index in [9.17, 15) is 18.5 Å². The van der Waals surface area contributed by atoms with Crippen LogP contribution in [0.5, 0.6) is 0 Å². The third-order valence-electron chi connectivity index (χ3n) is 8.50. The maximum Gasteiger partial charge on any atom is 0.333 e. The van der Waals surface area contributed by atoms with Crippen LogP contribution < -0.4 is 5.69 Å². The second kappa shape index (κ2) is 7.87. The van der Waals surface area contributed by atoms with Gasteiger partial charge in [-0.25, -0.2) is 13.2 Å². The number of benzene rings is 2. The first kappa shape index (κ1) is 23.8. The van der Waals surface area contributed by atoms with Gasteiger partial charge in [-0.3, -0.25) is 19.1 Å². The Balaban J connectivity index is 1.37. The zero-order valence-electron chi connectivity index (χ0n) is 21.5. The van der Waals surface area contributed by atoms with Crippen LogP contribution in [0.4, 0.5) is 0 Å². The van der Waals surface area contributed by atoms with Crippen LogP contribution in [-0.4, -0.2) is 33.8 Å². The maximum atomic E-state index is 13.5. The molecule has 0 bridgehead atoms. The summed E-state index contributed by atoms with van der Waals surface area (Å²) in [4.78, 5) is 22.7. The van der Waals surface area contributed by atoms with E-state index in [0.29, 0.717) is 24.0 Å². The van der Waals surface area contributed by atoms with Gasteiger partial charge in [-0.2, -0.15) is 5.26 Å². The zero-order valence-corrected chi connectivity index (χ0v) is 22.4. The molecule has 0 saturated heterocycles. The Kier molecular flexibility index (Phi) is 4.80. The molecule has 3 heterocycles. The molecule has 2 aliphatic carbocycles. The Labute approximate surface area is 225 Å². The van der Waals surface area contributed by atoms with Gasteiger partial charge in [0.25, 0.3) is 0 Å². The summed E-state index contributed by atoms with van der Waals surface area (Å²) < 4.78 is 27.2. The fraction of sp³-hybridized carbons (Fsp3) is 0.267. The van der Waals surface area contributed by atoms with E-state index in [-0.39, 0.29) is 5.69 Å². The lowest BCUT2D eigenvalue weighted by molar-refractivity contribution is 0.586. The van der Waals surface area contributed by atoms with Crippen LogP contribution in [-0.2, 0) is 27.0 Å². The molecule has 2 fully saturated rings. The molecule has 3 aromatic heterocycles. The molecule has 2 aliphatic rings. The normalized spacial score (nSPS) is 17.3. The van der Waals surface area contributed by atoms with Gasteiger partial charge < -0.3 is 0 Å². The van der Waals surface area contributed by atoms with Gasteiger partial charge in [0.1, 0.15) is 0 Å². The highest BCUT2D eigenvalue weighted by Gasteiger charge is 2.53. The van der Waals surface area contributed by atoms with E-state index in [1.165, 1.54) is 6.26 Å². The van der Waals surface area contributed by atoms with Gasteiger partial charge in [0.2, 0.25) is 0 Å². The van der Waals surface area contributed by atoms with Gasteiger partial charge >= 0.3 is 5.69 Å². The van der Waals surface area contributed by atoms with Crippen molar-refractivity contribution in [2.45, 2.75) is 35.8 Å². The number of nitriles is 1. The van der Waals surface area contributed by atoms with E-state index in [0.717, 1.165) is 51.6 Å². The Morgan fingerprint density at radius 3 is 2.23 bits per heavy atom. The van der Waals surface area contributed by atoms with Crippen molar-refractivity contribution in [1.82, 2.24) is 19.1 Å². The zero-order chi connectivity index (χ0) is 27.2. The fourth-order valence-electron chi connectivity index (χ4n) is 5.72. The van der Waals surface area contributed by atoms with E-state index < -0.39 is 20.0 Å². The number of rotatable bonds is 5. The predicted octanol–water partition coefficient (Wildman–Crippen LogP) is 4.53. The number of hydrogen-bond donors (Lipinski definition) is 0. The van der Waals surface area contributed by atoms with E-state index in [1.807, 2.05) is 54.6 Å². The number of aromatic nitrogens is 4. The highest BCUT2D eigenvalue weighted by molar-refractivity contribution is 7.92. The molecule has 194 valence electrons. The Hall–Kier alpha value is -4.29. The highest BCUT2D eigenvalue weighted by atomic mass is 32.2. The maximum absolute atomic E-state index is 13.5. The number of hydrogen-bond acceptors (Lipinski definition) is 6. The number of aryl methyl sites for hydroxylation is 1. The number of nitrogens with zero attached hydrogens (tertiary/aromatic N) is 5. The lowest BCUT2D eigenvalue weighted by atomic mass is 10.0. The largest absolute Gasteiger partial charge is 0.333 e. The summed E-state index contributed by atoms with van der Waals surface area (Å²) in [5.74, 6) is 0. The van der Waals surface area contributed by atoms with Crippen molar-refractivity contribution in [1.29, 1.82) is 5.26 Å². The SMILES string of the molecule is Cn1c(=O)n(-c2ccc(C3(S(C)(=O)=O)CC3)cc2)c2c3cc(-c4ccc(C5(C#N)CC5)nc4)ccc3ncc21. The topological polar surface area (TPSA) is 111 Å². The van der Waals surface area contributed by atoms with Gasteiger partial charge in [0.05, 0.1) is 50.4 Å². The molecule has 0 unspecified atom stereocenters. The summed E-state index contributed by atoms with van der Waals surface area (Å²) in [6.07, 6.45) is 7.72. The lowest BCUT2D eigenvalue weighted by Gasteiger charge is -2.14. The molecule has 2 aromatic carbocycles. The molecule has 0 radical (unpaired) electrons. The average Bonchev–Trinajstić information content (AvgIpc) is 3.87. The predicted molar refractivity (Wildman–Crippen MR) is 149 cm³/mol. The number of fused-ring (bicyclic) bond motifs is 3. The molecule has 8 nitrogen and oxygen atoms in total. The van der Waals surface area contributed by atoms with E-state index >= 15 is 0 Å². The molecule has 0 spiro atoms. The number of imidazole rings is 1. The summed E-state index contributed by atoms with van der Waals surface area (Å²) >= 11 is 0. The van der Waals surface area contributed by atoms with Crippen LogP contribution in [0.2, 0.25) is 0 Å². The van der Waals surface area contributed by atoms with Gasteiger partial charge in [0, 0.05) is 30.4 Å². The van der Waals surface area contributed by atoms with Gasteiger partial charge in [-0.05, 0) is 67.1 Å². The average molecular weight is 536 g/mol. The third kappa shape index (κ3) is 3.41. The minimum absolute atomic E-state index is 0.209. The number of sulfone groups is 1. The van der Waals surface area contributed by atoms with Crippen molar-refractivity contribution in [2.24, 2.45) is 7.05 Å². The molecule has 9 heteroatoms. The standard InChI is InChI=1S/C30H25N5O3S/c1-34-25-17-32-24-9-3-19(20-4-10-26(33-16-20)29(18-31)11-12-29)15-23(24)27(25)35(28(34)36)22-7-5-21(6-8-22)30(13-14-30)39(2,37)38/h3-10,15-17H,11-14H2,1-2H3. The minimum atomic E-state index is -3.23. The van der Waals surface area contributed by atoms with E-state index in [1.54, 1.807) is 28.6 Å². The smallest absolute Gasteiger partial charge is 0.293 e. The van der Waals surface area contributed by atoms with E-state index in [4.69, 9.17) is 0 Å². The summed E-state index contributed by atoms with van der Waals surface area (Å²) in [6.45, 7) is 0. The van der Waals surface area contributed by atoms with Crippen LogP contribution in [0.15, 0.2) is 71.8 Å². The molecule has 2 saturated carbocycles. The first-order valence-electron chi connectivity index (χ1n) is 12.9. The van der Waals surface area contributed by atoms with Crippen molar-refractivity contribution in [2.75, 3.05) is 6.26 Å². The first-order chi connectivity index (χ1) is 18.7. The van der Waals surface area contributed by atoms with Crippen molar-refractivity contribution in [3.8, 4) is 22.9 Å². The van der Waals surface area contributed by atoms with Gasteiger partial charge in [-0.1, -0.05) is 24.3 Å². The van der Waals surface area contributed by atoms with Crippen molar-refractivity contribution in [3.63, 3.8) is 0 Å².